The number of aryl methyl sites for hydroxylation is 1. The summed E-state index contributed by atoms with van der Waals surface area (Å²) in [5.41, 5.74) is 2.19. The zero-order valence-corrected chi connectivity index (χ0v) is 15.0. The fourth-order valence-corrected chi connectivity index (χ4v) is 3.33. The Bertz CT molecular complexity index is 729. The van der Waals surface area contributed by atoms with Gasteiger partial charge >= 0.3 is 5.97 Å². The maximum absolute atomic E-state index is 12.7. The molecule has 0 bridgehead atoms. The number of ether oxygens (including phenoxy) is 3. The number of hydrogen-bond donors (Lipinski definition) is 0. The molecule has 3 rings (SSSR count). The Morgan fingerprint density at radius 3 is 2.60 bits per heavy atom. The average Bonchev–Trinajstić information content (AvgIpc) is 3.03. The monoisotopic (exact) mass is 344 g/mol. The van der Waals surface area contributed by atoms with E-state index in [0.29, 0.717) is 24.5 Å². The van der Waals surface area contributed by atoms with E-state index in [-0.39, 0.29) is 12.1 Å². The van der Waals surface area contributed by atoms with Crippen LogP contribution in [0, 0.1) is 0 Å². The molecule has 25 heavy (non-hydrogen) atoms. The summed E-state index contributed by atoms with van der Waals surface area (Å²) in [5.74, 6) is 1.78. The number of benzene rings is 1. The Labute approximate surface area is 147 Å². The number of methoxy groups -OCH3 is 1. The van der Waals surface area contributed by atoms with Crippen molar-refractivity contribution < 1.29 is 23.4 Å². The van der Waals surface area contributed by atoms with Gasteiger partial charge in [0, 0.05) is 24.2 Å². The van der Waals surface area contributed by atoms with Crippen LogP contribution in [0.25, 0.3) is 11.3 Å². The molecule has 1 aromatic heterocycles. The summed E-state index contributed by atoms with van der Waals surface area (Å²) in [5, 5.41) is 0. The summed E-state index contributed by atoms with van der Waals surface area (Å²) in [6.45, 7) is 4.68. The van der Waals surface area contributed by atoms with Gasteiger partial charge in [-0.25, -0.2) is 4.79 Å². The highest BCUT2D eigenvalue weighted by Gasteiger charge is 2.34. The van der Waals surface area contributed by atoms with E-state index in [2.05, 4.69) is 0 Å². The van der Waals surface area contributed by atoms with Gasteiger partial charge in [-0.3, -0.25) is 0 Å². The Kier molecular flexibility index (Phi) is 5.43. The predicted molar refractivity (Wildman–Crippen MR) is 94.0 cm³/mol. The highest BCUT2D eigenvalue weighted by molar-refractivity contribution is 5.98. The first kappa shape index (κ1) is 17.5. The van der Waals surface area contributed by atoms with E-state index in [1.807, 2.05) is 31.2 Å². The lowest BCUT2D eigenvalue weighted by Crippen LogP contribution is -2.16. The topological polar surface area (TPSA) is 57.9 Å². The number of rotatable bonds is 6. The molecule has 1 unspecified atom stereocenters. The molecule has 1 aliphatic carbocycles. The Morgan fingerprint density at radius 2 is 1.96 bits per heavy atom. The Morgan fingerprint density at radius 1 is 1.20 bits per heavy atom. The second-order valence-corrected chi connectivity index (χ2v) is 5.93. The largest absolute Gasteiger partial charge is 0.497 e. The maximum Gasteiger partial charge on any atom is 0.342 e. The lowest BCUT2D eigenvalue weighted by Gasteiger charge is -2.22. The van der Waals surface area contributed by atoms with Gasteiger partial charge in [0.1, 0.15) is 22.8 Å². The fraction of sp³-hybridized carbons (Fsp3) is 0.450. The van der Waals surface area contributed by atoms with E-state index in [9.17, 15) is 4.79 Å². The smallest absolute Gasteiger partial charge is 0.342 e. The van der Waals surface area contributed by atoms with Crippen LogP contribution in [0.4, 0.5) is 0 Å². The lowest BCUT2D eigenvalue weighted by molar-refractivity contribution is 0.0423. The zero-order chi connectivity index (χ0) is 17.8. The van der Waals surface area contributed by atoms with Crippen LogP contribution in [0.5, 0.6) is 5.75 Å². The van der Waals surface area contributed by atoms with Crippen LogP contribution >= 0.6 is 0 Å². The van der Waals surface area contributed by atoms with Gasteiger partial charge in [-0.15, -0.1) is 0 Å². The average molecular weight is 344 g/mol. The number of carbonyl (C=O) groups excluding carboxylic acids is 1. The molecule has 0 fully saturated rings. The minimum atomic E-state index is -0.357. The van der Waals surface area contributed by atoms with E-state index in [1.165, 1.54) is 0 Å². The molecule has 134 valence electrons. The van der Waals surface area contributed by atoms with Crippen LogP contribution in [0.1, 0.15) is 54.5 Å². The molecule has 1 heterocycles. The minimum Gasteiger partial charge on any atom is -0.497 e. The summed E-state index contributed by atoms with van der Waals surface area (Å²) in [6, 6.07) is 7.49. The van der Waals surface area contributed by atoms with Crippen molar-refractivity contribution in [3.05, 3.63) is 41.2 Å². The van der Waals surface area contributed by atoms with E-state index < -0.39 is 0 Å². The van der Waals surface area contributed by atoms with Crippen LogP contribution in [-0.2, 0) is 15.9 Å². The van der Waals surface area contributed by atoms with E-state index in [0.717, 1.165) is 41.9 Å². The van der Waals surface area contributed by atoms with E-state index in [4.69, 9.17) is 18.6 Å². The van der Waals surface area contributed by atoms with Gasteiger partial charge in [0.05, 0.1) is 19.8 Å². The predicted octanol–water partition coefficient (Wildman–Crippen LogP) is 4.55. The lowest BCUT2D eigenvalue weighted by atomic mass is 9.91. The molecule has 5 nitrogen and oxygen atoms in total. The maximum atomic E-state index is 12.7. The molecular formula is C20H24O5. The fourth-order valence-electron chi connectivity index (χ4n) is 3.33. The highest BCUT2D eigenvalue weighted by atomic mass is 16.5. The van der Waals surface area contributed by atoms with Gasteiger partial charge < -0.3 is 18.6 Å². The number of esters is 1. The van der Waals surface area contributed by atoms with Crippen molar-refractivity contribution >= 4 is 5.97 Å². The standard InChI is InChI=1S/C20H24O5/c1-4-23-15-7-6-8-16-17(15)18(20(21)24-5-2)19(25-16)13-9-11-14(22-3)12-10-13/h9-12,15H,4-8H2,1-3H3. The van der Waals surface area contributed by atoms with Crippen molar-refractivity contribution in [2.45, 2.75) is 39.2 Å². The molecule has 0 saturated heterocycles. The zero-order valence-electron chi connectivity index (χ0n) is 15.0. The van der Waals surface area contributed by atoms with E-state index >= 15 is 0 Å². The summed E-state index contributed by atoms with van der Waals surface area (Å²) in [6.07, 6.45) is 2.55. The summed E-state index contributed by atoms with van der Waals surface area (Å²) >= 11 is 0. The first-order chi connectivity index (χ1) is 12.2. The van der Waals surface area contributed by atoms with Gasteiger partial charge in [0.15, 0.2) is 0 Å². The third-order valence-electron chi connectivity index (χ3n) is 4.41. The molecule has 2 aromatic rings. The molecule has 1 aromatic carbocycles. The van der Waals surface area contributed by atoms with Gasteiger partial charge in [-0.1, -0.05) is 0 Å². The second kappa shape index (κ2) is 7.74. The van der Waals surface area contributed by atoms with Gasteiger partial charge in [-0.2, -0.15) is 0 Å². The number of hydrogen-bond acceptors (Lipinski definition) is 5. The molecule has 0 saturated carbocycles. The van der Waals surface area contributed by atoms with Gasteiger partial charge in [0.2, 0.25) is 0 Å². The quantitative estimate of drug-likeness (QED) is 0.720. The highest BCUT2D eigenvalue weighted by Crippen LogP contribution is 2.42. The molecule has 1 aliphatic rings. The van der Waals surface area contributed by atoms with Crippen molar-refractivity contribution in [3.63, 3.8) is 0 Å². The van der Waals surface area contributed by atoms with Crippen molar-refractivity contribution in [1.82, 2.24) is 0 Å². The second-order valence-electron chi connectivity index (χ2n) is 5.93. The molecule has 0 spiro atoms. The summed E-state index contributed by atoms with van der Waals surface area (Å²) in [4.78, 5) is 12.7. The van der Waals surface area contributed by atoms with Crippen molar-refractivity contribution in [2.75, 3.05) is 20.3 Å². The van der Waals surface area contributed by atoms with Crippen LogP contribution in [-0.4, -0.2) is 26.3 Å². The SMILES string of the molecule is CCOC(=O)c1c(-c2ccc(OC)cc2)oc2c1C(OCC)CCC2. The molecule has 0 radical (unpaired) electrons. The molecule has 0 aliphatic heterocycles. The minimum absolute atomic E-state index is 0.121. The van der Waals surface area contributed by atoms with Crippen molar-refractivity contribution in [3.8, 4) is 17.1 Å². The summed E-state index contributed by atoms with van der Waals surface area (Å²) < 4.78 is 22.5. The molecule has 0 amide bonds. The third kappa shape index (κ3) is 3.42. The number of fused-ring (bicyclic) bond motifs is 1. The van der Waals surface area contributed by atoms with Crippen molar-refractivity contribution in [2.24, 2.45) is 0 Å². The van der Waals surface area contributed by atoms with Gasteiger partial charge in [-0.05, 0) is 51.0 Å². The van der Waals surface area contributed by atoms with E-state index in [1.54, 1.807) is 14.0 Å². The first-order valence-electron chi connectivity index (χ1n) is 8.78. The number of carbonyl (C=O) groups is 1. The van der Waals surface area contributed by atoms with Crippen LogP contribution in [0.3, 0.4) is 0 Å². The number of furan rings is 1. The van der Waals surface area contributed by atoms with Crippen LogP contribution in [0.2, 0.25) is 0 Å². The molecule has 1 atom stereocenters. The Balaban J connectivity index is 2.12. The summed E-state index contributed by atoms with van der Waals surface area (Å²) in [7, 11) is 1.62. The molecule has 0 N–H and O–H groups in total. The Hall–Kier alpha value is -2.27. The van der Waals surface area contributed by atoms with Crippen LogP contribution in [0.15, 0.2) is 28.7 Å². The van der Waals surface area contributed by atoms with Crippen molar-refractivity contribution in [1.29, 1.82) is 0 Å². The first-order valence-corrected chi connectivity index (χ1v) is 8.78. The third-order valence-corrected chi connectivity index (χ3v) is 4.41. The van der Waals surface area contributed by atoms with Crippen LogP contribution < -0.4 is 4.74 Å². The normalized spacial score (nSPS) is 16.4. The molecule has 5 heteroatoms. The van der Waals surface area contributed by atoms with Gasteiger partial charge in [0.25, 0.3) is 0 Å². The molecular weight excluding hydrogens is 320 g/mol.